The van der Waals surface area contributed by atoms with Gasteiger partial charge in [-0.15, -0.1) is 0 Å². The molecule has 2 atom stereocenters. The largest absolute Gasteiger partial charge is 0.461 e. The average molecular weight is 387 g/mol. The van der Waals surface area contributed by atoms with Gasteiger partial charge in [0.25, 0.3) is 0 Å². The number of alkyl halides is 3. The van der Waals surface area contributed by atoms with Gasteiger partial charge in [-0.05, 0) is 47.7 Å². The molecule has 4 rings (SSSR count). The molecule has 1 aliphatic carbocycles. The van der Waals surface area contributed by atoms with Crippen molar-refractivity contribution in [3.63, 3.8) is 0 Å². The first-order chi connectivity index (χ1) is 13.4. The second kappa shape index (κ2) is 7.10. The lowest BCUT2D eigenvalue weighted by Gasteiger charge is -2.12. The maximum Gasteiger partial charge on any atom is 0.416 e. The van der Waals surface area contributed by atoms with E-state index in [9.17, 15) is 18.0 Å². The third-order valence-electron chi connectivity index (χ3n) is 4.69. The van der Waals surface area contributed by atoms with E-state index in [1.54, 1.807) is 47.5 Å². The van der Waals surface area contributed by atoms with E-state index in [-0.39, 0.29) is 12.2 Å². The van der Waals surface area contributed by atoms with Crippen molar-refractivity contribution in [3.05, 3.63) is 77.7 Å². The Hall–Kier alpha value is -3.16. The van der Waals surface area contributed by atoms with Crippen LogP contribution in [0.3, 0.4) is 0 Å². The van der Waals surface area contributed by atoms with Crippen LogP contribution in [-0.4, -0.2) is 20.7 Å². The minimum atomic E-state index is -4.44. The number of aromatic nitrogens is 3. The SMILES string of the molecule is O=C(OCc1ccnc(-n2cccn2)c1)[C@H]1C[C@@H]1c1ccccc1C(F)(F)F. The van der Waals surface area contributed by atoms with Crippen molar-refractivity contribution in [1.82, 2.24) is 14.8 Å². The Balaban J connectivity index is 1.40. The fourth-order valence-corrected chi connectivity index (χ4v) is 3.22. The number of esters is 1. The van der Waals surface area contributed by atoms with Gasteiger partial charge in [0, 0.05) is 18.6 Å². The summed E-state index contributed by atoms with van der Waals surface area (Å²) in [7, 11) is 0. The molecule has 0 aliphatic heterocycles. The predicted octanol–water partition coefficient (Wildman–Crippen LogP) is 4.13. The van der Waals surface area contributed by atoms with Crippen molar-refractivity contribution < 1.29 is 22.7 Å². The number of carbonyl (C=O) groups excluding carboxylic acids is 1. The summed E-state index contributed by atoms with van der Waals surface area (Å²) >= 11 is 0. The third-order valence-corrected chi connectivity index (χ3v) is 4.69. The van der Waals surface area contributed by atoms with Crippen LogP contribution in [-0.2, 0) is 22.3 Å². The molecule has 0 N–H and O–H groups in total. The number of carbonyl (C=O) groups is 1. The standard InChI is InChI=1S/C20H16F3N3O2/c21-20(22,23)17-5-2-1-4-14(17)15-11-16(15)19(27)28-12-13-6-8-24-18(10-13)26-9-3-7-25-26/h1-10,15-16H,11-12H2/t15-,16+/m1/s1. The van der Waals surface area contributed by atoms with Gasteiger partial charge in [-0.3, -0.25) is 4.79 Å². The molecule has 3 aromatic rings. The Kier molecular flexibility index (Phi) is 4.62. The second-order valence-corrected chi connectivity index (χ2v) is 6.61. The Labute approximate surface area is 158 Å². The van der Waals surface area contributed by atoms with Crippen LogP contribution in [0.5, 0.6) is 0 Å². The molecule has 1 saturated carbocycles. The van der Waals surface area contributed by atoms with Gasteiger partial charge in [0.05, 0.1) is 11.5 Å². The first-order valence-electron chi connectivity index (χ1n) is 8.71. The smallest absolute Gasteiger partial charge is 0.416 e. The molecule has 5 nitrogen and oxygen atoms in total. The van der Waals surface area contributed by atoms with Crippen molar-refractivity contribution in [3.8, 4) is 5.82 Å². The highest BCUT2D eigenvalue weighted by Gasteiger charge is 2.48. The van der Waals surface area contributed by atoms with Crippen molar-refractivity contribution in [1.29, 1.82) is 0 Å². The van der Waals surface area contributed by atoms with E-state index >= 15 is 0 Å². The third kappa shape index (κ3) is 3.76. The number of nitrogens with zero attached hydrogens (tertiary/aromatic N) is 3. The lowest BCUT2D eigenvalue weighted by atomic mass is 10.0. The molecule has 0 spiro atoms. The van der Waals surface area contributed by atoms with E-state index in [2.05, 4.69) is 10.1 Å². The van der Waals surface area contributed by atoms with Crippen LogP contribution in [0, 0.1) is 5.92 Å². The summed E-state index contributed by atoms with van der Waals surface area (Å²) in [4.78, 5) is 16.5. The zero-order chi connectivity index (χ0) is 19.7. The molecule has 1 fully saturated rings. The number of hydrogen-bond acceptors (Lipinski definition) is 4. The van der Waals surface area contributed by atoms with Crippen molar-refractivity contribution in [2.24, 2.45) is 5.92 Å². The first kappa shape index (κ1) is 18.2. The number of rotatable bonds is 5. The number of benzene rings is 1. The maximum atomic E-state index is 13.2. The zero-order valence-corrected chi connectivity index (χ0v) is 14.6. The summed E-state index contributed by atoms with van der Waals surface area (Å²) in [5.74, 6) is -0.903. The molecule has 2 heterocycles. The average Bonchev–Trinajstić information content (AvgIpc) is 3.30. The highest BCUT2D eigenvalue weighted by atomic mass is 19.4. The van der Waals surface area contributed by atoms with E-state index in [0.29, 0.717) is 12.2 Å². The van der Waals surface area contributed by atoms with Crippen LogP contribution >= 0.6 is 0 Å². The van der Waals surface area contributed by atoms with Gasteiger partial charge in [-0.1, -0.05) is 18.2 Å². The van der Waals surface area contributed by atoms with E-state index in [0.717, 1.165) is 11.6 Å². The minimum Gasteiger partial charge on any atom is -0.461 e. The molecule has 28 heavy (non-hydrogen) atoms. The molecule has 144 valence electrons. The number of halogens is 3. The van der Waals surface area contributed by atoms with Gasteiger partial charge in [0.1, 0.15) is 6.61 Å². The Bertz CT molecular complexity index is 986. The fraction of sp³-hybridized carbons (Fsp3) is 0.250. The topological polar surface area (TPSA) is 57.0 Å². The molecule has 0 unspecified atom stereocenters. The number of pyridine rings is 1. The molecule has 0 amide bonds. The monoisotopic (exact) mass is 387 g/mol. The second-order valence-electron chi connectivity index (χ2n) is 6.61. The molecule has 0 saturated heterocycles. The van der Waals surface area contributed by atoms with Crippen molar-refractivity contribution in [2.45, 2.75) is 25.1 Å². The molecule has 0 radical (unpaired) electrons. The van der Waals surface area contributed by atoms with Crippen molar-refractivity contribution >= 4 is 5.97 Å². The Morgan fingerprint density at radius 1 is 1.18 bits per heavy atom. The Morgan fingerprint density at radius 2 is 2.00 bits per heavy atom. The minimum absolute atomic E-state index is 0.0275. The van der Waals surface area contributed by atoms with E-state index in [4.69, 9.17) is 4.74 Å². The predicted molar refractivity (Wildman–Crippen MR) is 93.4 cm³/mol. The molecule has 1 aliphatic rings. The van der Waals surface area contributed by atoms with Crippen LogP contribution in [0.1, 0.15) is 29.0 Å². The summed E-state index contributed by atoms with van der Waals surface area (Å²) in [6.07, 6.45) is 0.874. The van der Waals surface area contributed by atoms with Gasteiger partial charge in [-0.25, -0.2) is 9.67 Å². The van der Waals surface area contributed by atoms with E-state index in [1.807, 2.05) is 0 Å². The highest BCUT2D eigenvalue weighted by molar-refractivity contribution is 5.77. The van der Waals surface area contributed by atoms with Crippen LogP contribution in [0.25, 0.3) is 5.82 Å². The van der Waals surface area contributed by atoms with E-state index in [1.165, 1.54) is 12.1 Å². The van der Waals surface area contributed by atoms with Crippen LogP contribution in [0.15, 0.2) is 61.1 Å². The summed E-state index contributed by atoms with van der Waals surface area (Å²) in [6, 6.07) is 10.6. The van der Waals surface area contributed by atoms with Gasteiger partial charge in [-0.2, -0.15) is 18.3 Å². The molecule has 8 heteroatoms. The van der Waals surface area contributed by atoms with Crippen molar-refractivity contribution in [2.75, 3.05) is 0 Å². The molecule has 1 aromatic carbocycles. The number of hydrogen-bond donors (Lipinski definition) is 0. The van der Waals surface area contributed by atoms with E-state index < -0.39 is 29.5 Å². The number of ether oxygens (including phenoxy) is 1. The first-order valence-corrected chi connectivity index (χ1v) is 8.71. The van der Waals surface area contributed by atoms with Crippen LogP contribution in [0.2, 0.25) is 0 Å². The van der Waals surface area contributed by atoms with Gasteiger partial charge < -0.3 is 4.74 Å². The summed E-state index contributed by atoms with van der Waals surface area (Å²) in [5.41, 5.74) is 0.192. The highest BCUT2D eigenvalue weighted by Crippen LogP contribution is 2.51. The quantitative estimate of drug-likeness (QED) is 0.618. The Morgan fingerprint density at radius 3 is 2.75 bits per heavy atom. The molecule has 2 aromatic heterocycles. The fourth-order valence-electron chi connectivity index (χ4n) is 3.22. The van der Waals surface area contributed by atoms with Crippen LogP contribution < -0.4 is 0 Å². The molecular formula is C20H16F3N3O2. The van der Waals surface area contributed by atoms with Crippen LogP contribution in [0.4, 0.5) is 13.2 Å². The summed E-state index contributed by atoms with van der Waals surface area (Å²) in [5, 5.41) is 4.09. The van der Waals surface area contributed by atoms with Gasteiger partial charge in [0.2, 0.25) is 0 Å². The zero-order valence-electron chi connectivity index (χ0n) is 14.6. The maximum absolute atomic E-state index is 13.2. The summed E-state index contributed by atoms with van der Waals surface area (Å²) in [6.45, 7) is 0.0275. The lowest BCUT2D eigenvalue weighted by Crippen LogP contribution is -2.11. The molecular weight excluding hydrogens is 371 g/mol. The summed E-state index contributed by atoms with van der Waals surface area (Å²) < 4.78 is 46.4. The molecule has 0 bridgehead atoms. The van der Waals surface area contributed by atoms with Gasteiger partial charge >= 0.3 is 12.1 Å². The van der Waals surface area contributed by atoms with Gasteiger partial charge in [0.15, 0.2) is 5.82 Å². The lowest BCUT2D eigenvalue weighted by molar-refractivity contribution is -0.147. The normalized spacial score (nSPS) is 18.7.